The molecule has 0 aliphatic heterocycles. The molecular weight excluding hydrogens is 350 g/mol. The summed E-state index contributed by atoms with van der Waals surface area (Å²) in [6, 6.07) is 19.6. The molecule has 0 unspecified atom stereocenters. The maximum Gasteiger partial charge on any atom is 0.418 e. The number of carbonyl (C=O) groups is 1. The zero-order valence-electron chi connectivity index (χ0n) is 16.7. The second-order valence-corrected chi connectivity index (χ2v) is 7.44. The van der Waals surface area contributed by atoms with Crippen LogP contribution in [0.15, 0.2) is 66.9 Å². The van der Waals surface area contributed by atoms with E-state index in [1.54, 1.807) is 17.9 Å². The lowest BCUT2D eigenvalue weighted by molar-refractivity contribution is 0.0540. The molecule has 0 aliphatic carbocycles. The fourth-order valence-corrected chi connectivity index (χ4v) is 2.85. The van der Waals surface area contributed by atoms with Crippen LogP contribution in [0.4, 0.5) is 4.79 Å². The van der Waals surface area contributed by atoms with Crippen molar-refractivity contribution in [1.82, 2.24) is 4.57 Å². The van der Waals surface area contributed by atoms with E-state index in [-0.39, 0.29) is 6.09 Å². The maximum absolute atomic E-state index is 12.6. The fraction of sp³-hybridized carbons (Fsp3) is 0.208. The van der Waals surface area contributed by atoms with Gasteiger partial charge in [0.1, 0.15) is 11.4 Å². The molecule has 3 aromatic rings. The van der Waals surface area contributed by atoms with Gasteiger partial charge in [0, 0.05) is 11.8 Å². The van der Waals surface area contributed by atoms with Gasteiger partial charge in [0.25, 0.3) is 0 Å². The van der Waals surface area contributed by atoms with E-state index in [0.717, 1.165) is 28.1 Å². The van der Waals surface area contributed by atoms with Crippen molar-refractivity contribution in [1.29, 1.82) is 0 Å². The second kappa shape index (κ2) is 8.17. The minimum Gasteiger partial charge on any atom is -0.497 e. The van der Waals surface area contributed by atoms with E-state index in [2.05, 4.69) is 0 Å². The highest BCUT2D eigenvalue weighted by molar-refractivity contribution is 5.84. The highest BCUT2D eigenvalue weighted by Gasteiger charge is 2.20. The number of nitrogens with zero attached hydrogens (tertiary/aromatic N) is 1. The monoisotopic (exact) mass is 375 g/mol. The zero-order valence-corrected chi connectivity index (χ0v) is 16.7. The third kappa shape index (κ3) is 4.71. The van der Waals surface area contributed by atoms with E-state index in [1.807, 2.05) is 93.6 Å². The Balaban J connectivity index is 1.92. The highest BCUT2D eigenvalue weighted by Crippen LogP contribution is 2.27. The molecule has 3 rings (SSSR count). The summed E-state index contributed by atoms with van der Waals surface area (Å²) in [5, 5.41) is 0. The number of benzene rings is 2. The van der Waals surface area contributed by atoms with Crippen LogP contribution in [0, 0.1) is 0 Å². The summed E-state index contributed by atoms with van der Waals surface area (Å²) in [6.45, 7) is 5.58. The van der Waals surface area contributed by atoms with Gasteiger partial charge in [0.05, 0.1) is 12.8 Å². The molecule has 1 heterocycles. The molecule has 0 aliphatic rings. The van der Waals surface area contributed by atoms with Gasteiger partial charge in [0.2, 0.25) is 0 Å². The predicted octanol–water partition coefficient (Wildman–Crippen LogP) is 6.12. The molecule has 4 nitrogen and oxygen atoms in total. The number of hydrogen-bond donors (Lipinski definition) is 0. The third-order valence-corrected chi connectivity index (χ3v) is 4.15. The Morgan fingerprint density at radius 3 is 2.32 bits per heavy atom. The Morgan fingerprint density at radius 1 is 0.929 bits per heavy atom. The van der Waals surface area contributed by atoms with E-state index in [0.29, 0.717) is 0 Å². The zero-order chi connectivity index (χ0) is 20.1. The molecule has 144 valence electrons. The Bertz CT molecular complexity index is 976. The maximum atomic E-state index is 12.6. The lowest BCUT2D eigenvalue weighted by Crippen LogP contribution is -2.27. The van der Waals surface area contributed by atoms with Crippen LogP contribution in [0.3, 0.4) is 0 Å². The van der Waals surface area contributed by atoms with Crippen molar-refractivity contribution in [2.24, 2.45) is 0 Å². The van der Waals surface area contributed by atoms with Crippen molar-refractivity contribution in [3.8, 4) is 17.0 Å². The van der Waals surface area contributed by atoms with Gasteiger partial charge in [0.15, 0.2) is 0 Å². The van der Waals surface area contributed by atoms with Gasteiger partial charge in [-0.1, -0.05) is 48.6 Å². The number of aromatic nitrogens is 1. The summed E-state index contributed by atoms with van der Waals surface area (Å²) in [7, 11) is 1.65. The number of hydrogen-bond acceptors (Lipinski definition) is 3. The first-order valence-electron chi connectivity index (χ1n) is 9.19. The molecule has 0 atom stereocenters. The van der Waals surface area contributed by atoms with Crippen molar-refractivity contribution in [2.45, 2.75) is 26.4 Å². The van der Waals surface area contributed by atoms with E-state index in [9.17, 15) is 4.79 Å². The van der Waals surface area contributed by atoms with E-state index >= 15 is 0 Å². The molecule has 1 aromatic heterocycles. The van der Waals surface area contributed by atoms with Crippen LogP contribution in [-0.2, 0) is 4.74 Å². The first-order chi connectivity index (χ1) is 13.4. The highest BCUT2D eigenvalue weighted by atomic mass is 16.6. The summed E-state index contributed by atoms with van der Waals surface area (Å²) in [6.07, 6.45) is 5.43. The average molecular weight is 375 g/mol. The summed E-state index contributed by atoms with van der Waals surface area (Å²) in [5.41, 5.74) is 3.29. The van der Waals surface area contributed by atoms with Gasteiger partial charge in [-0.15, -0.1) is 0 Å². The number of carbonyl (C=O) groups excluding carboxylic acids is 1. The molecule has 0 saturated heterocycles. The second-order valence-electron chi connectivity index (χ2n) is 7.44. The molecule has 4 heteroatoms. The van der Waals surface area contributed by atoms with Gasteiger partial charge < -0.3 is 9.47 Å². The topological polar surface area (TPSA) is 40.5 Å². The smallest absolute Gasteiger partial charge is 0.418 e. The molecule has 0 spiro atoms. The Kier molecular flexibility index (Phi) is 5.69. The van der Waals surface area contributed by atoms with E-state index in [4.69, 9.17) is 9.47 Å². The van der Waals surface area contributed by atoms with Gasteiger partial charge in [-0.05, 0) is 56.2 Å². The number of methoxy groups -OCH3 is 1. The molecule has 0 radical (unpaired) electrons. The van der Waals surface area contributed by atoms with Crippen LogP contribution in [0.5, 0.6) is 5.75 Å². The summed E-state index contributed by atoms with van der Waals surface area (Å²) < 4.78 is 12.3. The van der Waals surface area contributed by atoms with Crippen LogP contribution < -0.4 is 4.74 Å². The van der Waals surface area contributed by atoms with Gasteiger partial charge in [-0.2, -0.15) is 0 Å². The minimum atomic E-state index is -0.549. The lowest BCUT2D eigenvalue weighted by atomic mass is 10.0. The Morgan fingerprint density at radius 2 is 1.64 bits per heavy atom. The molecule has 0 N–H and O–H groups in total. The standard InChI is InChI=1S/C24H25NO3/c1-24(2,3)28-23(26)25-17-7-10-22(25)21-9-6-5-8-19(21)14-11-18-12-15-20(27-4)16-13-18/h5-17H,1-4H3/b14-11-. The van der Waals surface area contributed by atoms with Crippen molar-refractivity contribution in [3.63, 3.8) is 0 Å². The van der Waals surface area contributed by atoms with Crippen molar-refractivity contribution < 1.29 is 14.3 Å². The summed E-state index contributed by atoms with van der Waals surface area (Å²) in [4.78, 5) is 12.6. The molecule has 0 amide bonds. The minimum absolute atomic E-state index is 0.388. The molecular formula is C24H25NO3. The van der Waals surface area contributed by atoms with Crippen LogP contribution in [-0.4, -0.2) is 23.4 Å². The third-order valence-electron chi connectivity index (χ3n) is 4.15. The first kappa shape index (κ1) is 19.5. The van der Waals surface area contributed by atoms with Crippen molar-refractivity contribution in [2.75, 3.05) is 7.11 Å². The quantitative estimate of drug-likeness (QED) is 0.516. The molecule has 0 fully saturated rings. The molecule has 28 heavy (non-hydrogen) atoms. The largest absolute Gasteiger partial charge is 0.497 e. The fourth-order valence-electron chi connectivity index (χ4n) is 2.85. The molecule has 0 saturated carbocycles. The summed E-state index contributed by atoms with van der Waals surface area (Å²) in [5.74, 6) is 0.827. The van der Waals surface area contributed by atoms with Crippen molar-refractivity contribution >= 4 is 18.2 Å². The number of ether oxygens (including phenoxy) is 2. The van der Waals surface area contributed by atoms with Crippen LogP contribution in [0.25, 0.3) is 23.4 Å². The van der Waals surface area contributed by atoms with Gasteiger partial charge >= 0.3 is 6.09 Å². The normalized spacial score (nSPS) is 11.6. The predicted molar refractivity (Wildman–Crippen MR) is 113 cm³/mol. The van der Waals surface area contributed by atoms with Crippen LogP contribution in [0.2, 0.25) is 0 Å². The van der Waals surface area contributed by atoms with Crippen LogP contribution >= 0.6 is 0 Å². The first-order valence-corrected chi connectivity index (χ1v) is 9.19. The van der Waals surface area contributed by atoms with Gasteiger partial charge in [-0.3, -0.25) is 4.57 Å². The molecule has 0 bridgehead atoms. The molecule has 2 aromatic carbocycles. The Labute approximate surface area is 166 Å². The van der Waals surface area contributed by atoms with Crippen molar-refractivity contribution in [3.05, 3.63) is 78.0 Å². The van der Waals surface area contributed by atoms with E-state index in [1.165, 1.54) is 0 Å². The number of rotatable bonds is 4. The average Bonchev–Trinajstić information content (AvgIpc) is 3.15. The SMILES string of the molecule is COc1ccc(/C=C\c2ccccc2-c2cccn2C(=O)OC(C)(C)C)cc1. The Hall–Kier alpha value is -3.27. The van der Waals surface area contributed by atoms with Gasteiger partial charge in [-0.25, -0.2) is 4.79 Å². The summed E-state index contributed by atoms with van der Waals surface area (Å²) >= 11 is 0. The van der Waals surface area contributed by atoms with E-state index < -0.39 is 5.60 Å². The van der Waals surface area contributed by atoms with Crippen LogP contribution in [0.1, 0.15) is 31.9 Å². The lowest BCUT2D eigenvalue weighted by Gasteiger charge is -2.20.